The molecule has 0 radical (unpaired) electrons. The summed E-state index contributed by atoms with van der Waals surface area (Å²) in [6.07, 6.45) is 0. The zero-order valence-electron chi connectivity index (χ0n) is 13.0. The highest BCUT2D eigenvalue weighted by Crippen LogP contribution is 2.36. The van der Waals surface area contributed by atoms with Crippen LogP contribution in [-0.2, 0) is 0 Å². The fraction of sp³-hybridized carbons (Fsp3) is 0.235. The molecule has 0 saturated heterocycles. The summed E-state index contributed by atoms with van der Waals surface area (Å²) in [5.41, 5.74) is 3.05. The molecule has 0 aromatic heterocycles. The average molecular weight is 320 g/mol. The molecule has 2 aromatic rings. The van der Waals surface area contributed by atoms with Crippen LogP contribution in [0.25, 0.3) is 0 Å². The third-order valence-electron chi connectivity index (χ3n) is 3.36. The van der Waals surface area contributed by atoms with Crippen LogP contribution in [-0.4, -0.2) is 20.1 Å². The van der Waals surface area contributed by atoms with Crippen molar-refractivity contribution in [1.29, 1.82) is 0 Å². The summed E-state index contributed by atoms with van der Waals surface area (Å²) in [5.74, 6) is 0.767. The van der Waals surface area contributed by atoms with E-state index in [1.807, 2.05) is 32.0 Å². The predicted molar refractivity (Wildman–Crippen MR) is 88.4 cm³/mol. The fourth-order valence-electron chi connectivity index (χ4n) is 2.13. The van der Waals surface area contributed by atoms with E-state index in [0.29, 0.717) is 27.8 Å². The molecule has 4 nitrogen and oxygen atoms in total. The van der Waals surface area contributed by atoms with Crippen molar-refractivity contribution in [2.24, 2.45) is 0 Å². The molecule has 0 spiro atoms. The zero-order chi connectivity index (χ0) is 16.3. The number of amides is 1. The van der Waals surface area contributed by atoms with Gasteiger partial charge >= 0.3 is 0 Å². The molecule has 0 unspecified atom stereocenters. The van der Waals surface area contributed by atoms with E-state index in [1.54, 1.807) is 12.1 Å². The summed E-state index contributed by atoms with van der Waals surface area (Å²) in [6, 6.07) is 8.99. The highest BCUT2D eigenvalue weighted by molar-refractivity contribution is 6.32. The minimum Gasteiger partial charge on any atom is -0.495 e. The number of carbonyl (C=O) groups excluding carboxylic acids is 1. The van der Waals surface area contributed by atoms with Gasteiger partial charge in [-0.25, -0.2) is 0 Å². The smallest absolute Gasteiger partial charge is 0.256 e. The molecule has 2 rings (SSSR count). The minimum atomic E-state index is -0.208. The quantitative estimate of drug-likeness (QED) is 0.917. The van der Waals surface area contributed by atoms with Crippen LogP contribution in [0.1, 0.15) is 21.5 Å². The molecular formula is C17H18ClNO3. The number of aryl methyl sites for hydroxylation is 2. The van der Waals surface area contributed by atoms with E-state index in [2.05, 4.69) is 5.32 Å². The number of carbonyl (C=O) groups is 1. The first-order valence-electron chi connectivity index (χ1n) is 6.76. The first-order chi connectivity index (χ1) is 10.5. The second-order valence-electron chi connectivity index (χ2n) is 4.96. The maximum Gasteiger partial charge on any atom is 0.256 e. The summed E-state index contributed by atoms with van der Waals surface area (Å²) in [7, 11) is 3.05. The SMILES string of the molecule is COc1cc(OC)c(NC(=O)c2cc(C)ccc2C)cc1Cl. The first-order valence-corrected chi connectivity index (χ1v) is 7.14. The third-order valence-corrected chi connectivity index (χ3v) is 3.66. The fourth-order valence-corrected chi connectivity index (χ4v) is 2.37. The third kappa shape index (κ3) is 3.34. The summed E-state index contributed by atoms with van der Waals surface area (Å²) < 4.78 is 10.4. The number of nitrogens with one attached hydrogen (secondary N) is 1. The van der Waals surface area contributed by atoms with E-state index in [-0.39, 0.29) is 5.91 Å². The van der Waals surface area contributed by atoms with Crippen molar-refractivity contribution in [3.05, 3.63) is 52.0 Å². The summed E-state index contributed by atoms with van der Waals surface area (Å²) in [5, 5.41) is 3.24. The molecule has 0 aliphatic rings. The Bertz CT molecular complexity index is 713. The van der Waals surface area contributed by atoms with E-state index >= 15 is 0 Å². The highest BCUT2D eigenvalue weighted by Gasteiger charge is 2.15. The highest BCUT2D eigenvalue weighted by atomic mass is 35.5. The molecule has 1 N–H and O–H groups in total. The minimum absolute atomic E-state index is 0.208. The molecule has 2 aromatic carbocycles. The number of anilines is 1. The lowest BCUT2D eigenvalue weighted by Gasteiger charge is -2.14. The summed E-state index contributed by atoms with van der Waals surface area (Å²) in [4.78, 5) is 12.5. The van der Waals surface area contributed by atoms with Crippen molar-refractivity contribution in [1.82, 2.24) is 0 Å². The Morgan fingerprint density at radius 1 is 1.05 bits per heavy atom. The van der Waals surface area contributed by atoms with E-state index in [1.165, 1.54) is 14.2 Å². The van der Waals surface area contributed by atoms with Crippen molar-refractivity contribution in [2.75, 3.05) is 19.5 Å². The van der Waals surface area contributed by atoms with Gasteiger partial charge in [0.1, 0.15) is 11.5 Å². The Morgan fingerprint density at radius 3 is 2.36 bits per heavy atom. The van der Waals surface area contributed by atoms with Crippen LogP contribution in [0.2, 0.25) is 5.02 Å². The molecular weight excluding hydrogens is 302 g/mol. The van der Waals surface area contributed by atoms with Crippen LogP contribution in [0.15, 0.2) is 30.3 Å². The Hall–Kier alpha value is -2.20. The van der Waals surface area contributed by atoms with E-state index in [9.17, 15) is 4.79 Å². The van der Waals surface area contributed by atoms with E-state index in [4.69, 9.17) is 21.1 Å². The van der Waals surface area contributed by atoms with Gasteiger partial charge in [0, 0.05) is 11.6 Å². The molecule has 116 valence electrons. The van der Waals surface area contributed by atoms with Crippen molar-refractivity contribution < 1.29 is 14.3 Å². The standard InChI is InChI=1S/C17H18ClNO3/c1-10-5-6-11(2)12(7-10)17(20)19-14-8-13(18)15(21-3)9-16(14)22-4/h5-9H,1-4H3,(H,19,20). The summed E-state index contributed by atoms with van der Waals surface area (Å²) in [6.45, 7) is 3.84. The van der Waals surface area contributed by atoms with Gasteiger partial charge in [0.15, 0.2) is 0 Å². The number of hydrogen-bond acceptors (Lipinski definition) is 3. The van der Waals surface area contributed by atoms with Crippen LogP contribution >= 0.6 is 11.6 Å². The van der Waals surface area contributed by atoms with Gasteiger partial charge < -0.3 is 14.8 Å². The lowest BCUT2D eigenvalue weighted by molar-refractivity contribution is 0.102. The van der Waals surface area contributed by atoms with Gasteiger partial charge in [0.2, 0.25) is 0 Å². The lowest BCUT2D eigenvalue weighted by Crippen LogP contribution is -2.14. The molecule has 0 atom stereocenters. The lowest BCUT2D eigenvalue weighted by atomic mass is 10.0. The molecule has 0 heterocycles. The molecule has 0 aliphatic heterocycles. The normalized spacial score (nSPS) is 10.2. The molecule has 0 fully saturated rings. The number of rotatable bonds is 4. The number of benzene rings is 2. The molecule has 1 amide bonds. The molecule has 5 heteroatoms. The van der Waals surface area contributed by atoms with Crippen LogP contribution in [0.4, 0.5) is 5.69 Å². The second kappa shape index (κ2) is 6.71. The van der Waals surface area contributed by atoms with Crippen LogP contribution in [0.5, 0.6) is 11.5 Å². The van der Waals surface area contributed by atoms with Gasteiger partial charge in [-0.15, -0.1) is 0 Å². The number of ether oxygens (including phenoxy) is 2. The number of methoxy groups -OCH3 is 2. The van der Waals surface area contributed by atoms with Gasteiger partial charge in [-0.2, -0.15) is 0 Å². The zero-order valence-corrected chi connectivity index (χ0v) is 13.7. The average Bonchev–Trinajstić information content (AvgIpc) is 2.50. The van der Waals surface area contributed by atoms with Crippen molar-refractivity contribution in [3.63, 3.8) is 0 Å². The molecule has 0 bridgehead atoms. The number of hydrogen-bond donors (Lipinski definition) is 1. The Labute approximate surface area is 135 Å². The topological polar surface area (TPSA) is 47.6 Å². The summed E-state index contributed by atoms with van der Waals surface area (Å²) >= 11 is 6.11. The van der Waals surface area contributed by atoms with Gasteiger partial charge in [-0.05, 0) is 31.5 Å². The largest absolute Gasteiger partial charge is 0.495 e. The number of halogens is 1. The maximum absolute atomic E-state index is 12.5. The monoisotopic (exact) mass is 319 g/mol. The molecule has 0 aliphatic carbocycles. The predicted octanol–water partition coefficient (Wildman–Crippen LogP) is 4.23. The molecule has 22 heavy (non-hydrogen) atoms. The van der Waals surface area contributed by atoms with Gasteiger partial charge in [-0.3, -0.25) is 4.79 Å². The Kier molecular flexibility index (Phi) is 4.93. The van der Waals surface area contributed by atoms with Crippen LogP contribution in [0, 0.1) is 13.8 Å². The van der Waals surface area contributed by atoms with Crippen molar-refractivity contribution in [3.8, 4) is 11.5 Å². The Balaban J connectivity index is 2.36. The van der Waals surface area contributed by atoms with Crippen molar-refractivity contribution >= 4 is 23.2 Å². The van der Waals surface area contributed by atoms with Gasteiger partial charge in [-0.1, -0.05) is 29.3 Å². The van der Waals surface area contributed by atoms with Crippen LogP contribution in [0.3, 0.4) is 0 Å². The van der Waals surface area contributed by atoms with Crippen molar-refractivity contribution in [2.45, 2.75) is 13.8 Å². The van der Waals surface area contributed by atoms with E-state index < -0.39 is 0 Å². The maximum atomic E-state index is 12.5. The first kappa shape index (κ1) is 16.2. The van der Waals surface area contributed by atoms with Crippen LogP contribution < -0.4 is 14.8 Å². The van der Waals surface area contributed by atoms with Gasteiger partial charge in [0.05, 0.1) is 24.9 Å². The van der Waals surface area contributed by atoms with E-state index in [0.717, 1.165) is 11.1 Å². The second-order valence-corrected chi connectivity index (χ2v) is 5.37. The molecule has 0 saturated carbocycles. The Morgan fingerprint density at radius 2 is 1.73 bits per heavy atom. The van der Waals surface area contributed by atoms with Gasteiger partial charge in [0.25, 0.3) is 5.91 Å².